The van der Waals surface area contributed by atoms with Gasteiger partial charge in [0.05, 0.1) is 47.4 Å². The van der Waals surface area contributed by atoms with Gasteiger partial charge in [0, 0.05) is 6.54 Å². The van der Waals surface area contributed by atoms with Gasteiger partial charge in [-0.2, -0.15) is 5.10 Å². The molecule has 0 aliphatic heterocycles. The van der Waals surface area contributed by atoms with Crippen LogP contribution >= 0.6 is 0 Å². The quantitative estimate of drug-likeness (QED) is 0.396. The fourth-order valence-electron chi connectivity index (χ4n) is 4.09. The molecule has 1 aromatic carbocycles. The largest absolute Gasteiger partial charge is 0.376 e. The fraction of sp³-hybridized carbons (Fsp3) is 0.292. The zero-order valence-corrected chi connectivity index (χ0v) is 18.0. The first-order valence-electron chi connectivity index (χ1n) is 10.7. The summed E-state index contributed by atoms with van der Waals surface area (Å²) < 4.78 is 16.5. The van der Waals surface area contributed by atoms with Crippen LogP contribution < -0.4 is 21.7 Å². The molecule has 8 nitrogen and oxygen atoms in total. The third-order valence-electron chi connectivity index (χ3n) is 5.79. The molecule has 0 saturated heterocycles. The Bertz CT molecular complexity index is 1220. The molecule has 1 aliphatic rings. The van der Waals surface area contributed by atoms with Crippen LogP contribution in [0, 0.1) is 12.3 Å². The van der Waals surface area contributed by atoms with Crippen LogP contribution in [0.15, 0.2) is 48.8 Å². The summed E-state index contributed by atoms with van der Waals surface area (Å²) in [6.07, 6.45) is 9.75. The molecule has 1 fully saturated rings. The van der Waals surface area contributed by atoms with Crippen molar-refractivity contribution >= 4 is 28.7 Å². The zero-order chi connectivity index (χ0) is 23.4. The van der Waals surface area contributed by atoms with Crippen molar-refractivity contribution in [2.24, 2.45) is 5.73 Å². The third-order valence-corrected chi connectivity index (χ3v) is 5.79. The van der Waals surface area contributed by atoms with Gasteiger partial charge in [-0.15, -0.1) is 6.42 Å². The first kappa shape index (κ1) is 22.3. The summed E-state index contributed by atoms with van der Waals surface area (Å²) >= 11 is 0. The normalized spacial score (nSPS) is 19.8. The molecular formula is C24H25FN6O2. The first-order valence-corrected chi connectivity index (χ1v) is 10.7. The Labute approximate surface area is 190 Å². The highest BCUT2D eigenvalue weighted by Crippen LogP contribution is 2.37. The SMILES string of the molecule is C#C[C@]1(F)CCC[C@H]1Nc1c(C(N)=O)cnn2cc(NC(=O)CNCc3ccccc3)cc12. The molecule has 0 bridgehead atoms. The van der Waals surface area contributed by atoms with Gasteiger partial charge >= 0.3 is 0 Å². The number of rotatable bonds is 8. The number of hydrogen-bond donors (Lipinski definition) is 4. The van der Waals surface area contributed by atoms with Crippen molar-refractivity contribution < 1.29 is 14.0 Å². The Balaban J connectivity index is 1.52. The summed E-state index contributed by atoms with van der Waals surface area (Å²) in [4.78, 5) is 24.4. The number of nitrogens with zero attached hydrogens (tertiary/aromatic N) is 2. The number of nitrogens with one attached hydrogen (secondary N) is 3. The van der Waals surface area contributed by atoms with Gasteiger partial charge in [-0.25, -0.2) is 8.91 Å². The van der Waals surface area contributed by atoms with Gasteiger partial charge in [0.1, 0.15) is 0 Å². The molecule has 0 unspecified atom stereocenters. The maximum Gasteiger partial charge on any atom is 0.252 e. The van der Waals surface area contributed by atoms with Gasteiger partial charge in [-0.1, -0.05) is 36.3 Å². The first-order chi connectivity index (χ1) is 15.9. The zero-order valence-electron chi connectivity index (χ0n) is 18.0. The lowest BCUT2D eigenvalue weighted by Gasteiger charge is -2.25. The van der Waals surface area contributed by atoms with E-state index >= 15 is 4.39 Å². The molecule has 0 spiro atoms. The molecule has 5 N–H and O–H groups in total. The summed E-state index contributed by atoms with van der Waals surface area (Å²) in [5.41, 5.74) is 6.20. The second-order valence-electron chi connectivity index (χ2n) is 8.09. The monoisotopic (exact) mass is 448 g/mol. The van der Waals surface area contributed by atoms with Crippen LogP contribution in [0.3, 0.4) is 0 Å². The van der Waals surface area contributed by atoms with E-state index in [9.17, 15) is 9.59 Å². The third kappa shape index (κ3) is 4.81. The minimum absolute atomic E-state index is 0.112. The number of fused-ring (bicyclic) bond motifs is 1. The molecule has 2 heterocycles. The molecule has 2 aromatic heterocycles. The maximum atomic E-state index is 15.0. The smallest absolute Gasteiger partial charge is 0.252 e. The van der Waals surface area contributed by atoms with E-state index in [1.54, 1.807) is 12.3 Å². The van der Waals surface area contributed by atoms with Crippen LogP contribution in [0.25, 0.3) is 5.52 Å². The van der Waals surface area contributed by atoms with Crippen LogP contribution in [-0.4, -0.2) is 39.7 Å². The lowest BCUT2D eigenvalue weighted by Crippen LogP contribution is -2.37. The predicted molar refractivity (Wildman–Crippen MR) is 124 cm³/mol. The Morgan fingerprint density at radius 1 is 1.33 bits per heavy atom. The number of hydrogen-bond acceptors (Lipinski definition) is 5. The summed E-state index contributed by atoms with van der Waals surface area (Å²) in [7, 11) is 0. The van der Waals surface area contributed by atoms with E-state index in [4.69, 9.17) is 12.2 Å². The van der Waals surface area contributed by atoms with Gasteiger partial charge in [0.2, 0.25) is 5.91 Å². The minimum Gasteiger partial charge on any atom is -0.376 e. The lowest BCUT2D eigenvalue weighted by molar-refractivity contribution is -0.115. The van der Waals surface area contributed by atoms with Gasteiger partial charge in [-0.05, 0) is 30.9 Å². The maximum absolute atomic E-state index is 15.0. The van der Waals surface area contributed by atoms with Crippen molar-refractivity contribution in [1.29, 1.82) is 0 Å². The number of carbonyl (C=O) groups is 2. The van der Waals surface area contributed by atoms with Crippen molar-refractivity contribution in [2.75, 3.05) is 17.2 Å². The Hall–Kier alpha value is -3.90. The molecule has 9 heteroatoms. The highest BCUT2D eigenvalue weighted by molar-refractivity contribution is 6.03. The topological polar surface area (TPSA) is 114 Å². The van der Waals surface area contributed by atoms with Crippen molar-refractivity contribution in [1.82, 2.24) is 14.9 Å². The molecule has 4 rings (SSSR count). The molecule has 2 atom stereocenters. The highest BCUT2D eigenvalue weighted by Gasteiger charge is 2.42. The Kier molecular flexibility index (Phi) is 6.29. The fourth-order valence-corrected chi connectivity index (χ4v) is 4.09. The average Bonchev–Trinajstić information content (AvgIpc) is 3.38. The molecule has 1 saturated carbocycles. The minimum atomic E-state index is -1.82. The summed E-state index contributed by atoms with van der Waals surface area (Å²) in [6.45, 7) is 0.673. The molecule has 1 aliphatic carbocycles. The highest BCUT2D eigenvalue weighted by atomic mass is 19.1. The van der Waals surface area contributed by atoms with E-state index in [1.807, 2.05) is 30.3 Å². The molecule has 2 amide bonds. The van der Waals surface area contributed by atoms with Gasteiger partial charge in [-0.3, -0.25) is 9.59 Å². The lowest BCUT2D eigenvalue weighted by atomic mass is 10.0. The molecule has 0 radical (unpaired) electrons. The molecule has 3 aromatic rings. The number of primary amides is 1. The van der Waals surface area contributed by atoms with E-state index in [0.29, 0.717) is 36.3 Å². The average molecular weight is 449 g/mol. The number of nitrogens with two attached hydrogens (primary N) is 1. The van der Waals surface area contributed by atoms with Crippen LogP contribution in [-0.2, 0) is 11.3 Å². The van der Waals surface area contributed by atoms with E-state index < -0.39 is 17.6 Å². The number of amides is 2. The standard InChI is InChI=1S/C24H25FN6O2/c1-2-24(25)10-6-9-20(24)30-22-18(23(26)33)13-28-31-15-17(11-19(22)31)29-21(32)14-27-12-16-7-4-3-5-8-16/h1,3-5,7-8,11,13,15,20,27,30H,6,9-10,12,14H2,(H2,26,33)(H,29,32)/t20-,24+/m1/s1. The van der Waals surface area contributed by atoms with E-state index in [1.165, 1.54) is 10.7 Å². The number of halogens is 1. The van der Waals surface area contributed by atoms with Gasteiger partial charge < -0.3 is 21.7 Å². The van der Waals surface area contributed by atoms with E-state index in [2.05, 4.69) is 27.0 Å². The summed E-state index contributed by atoms with van der Waals surface area (Å²) in [5.74, 6) is 1.30. The van der Waals surface area contributed by atoms with Gasteiger partial charge in [0.15, 0.2) is 5.67 Å². The predicted octanol–water partition coefficient (Wildman–Crippen LogP) is 2.47. The second kappa shape index (κ2) is 9.30. The molecule has 33 heavy (non-hydrogen) atoms. The van der Waals surface area contributed by atoms with Crippen LogP contribution in [0.5, 0.6) is 0 Å². The number of anilines is 2. The Morgan fingerprint density at radius 2 is 2.12 bits per heavy atom. The van der Waals surface area contributed by atoms with Crippen molar-refractivity contribution in [3.05, 3.63) is 59.9 Å². The number of benzene rings is 1. The molecular weight excluding hydrogens is 423 g/mol. The molecule has 170 valence electrons. The number of alkyl halides is 1. The second-order valence-corrected chi connectivity index (χ2v) is 8.09. The number of terminal acetylenes is 1. The number of aromatic nitrogens is 2. The summed E-state index contributed by atoms with van der Waals surface area (Å²) in [5, 5.41) is 13.2. The summed E-state index contributed by atoms with van der Waals surface area (Å²) in [6, 6.07) is 10.7. The van der Waals surface area contributed by atoms with E-state index in [0.717, 1.165) is 5.56 Å². The van der Waals surface area contributed by atoms with Crippen LogP contribution in [0.1, 0.15) is 35.2 Å². The van der Waals surface area contributed by atoms with Crippen LogP contribution in [0.4, 0.5) is 15.8 Å². The number of carbonyl (C=O) groups excluding carboxylic acids is 2. The van der Waals surface area contributed by atoms with Crippen molar-refractivity contribution in [3.8, 4) is 12.3 Å². The van der Waals surface area contributed by atoms with Crippen molar-refractivity contribution in [2.45, 2.75) is 37.5 Å². The van der Waals surface area contributed by atoms with Crippen LogP contribution in [0.2, 0.25) is 0 Å². The van der Waals surface area contributed by atoms with Crippen molar-refractivity contribution in [3.63, 3.8) is 0 Å². The Morgan fingerprint density at radius 3 is 2.85 bits per heavy atom. The van der Waals surface area contributed by atoms with Gasteiger partial charge in [0.25, 0.3) is 5.91 Å². The van der Waals surface area contributed by atoms with E-state index in [-0.39, 0.29) is 24.4 Å².